The van der Waals surface area contributed by atoms with E-state index in [9.17, 15) is 32.4 Å². The molecule has 1 atom stereocenters. The SMILES string of the molecule is CO/N=C(/C)C(C)Oc1cc(-n2c(=O)cc(C(F)(F)F)n(C)c2=O)c(F)cc1C#N. The first kappa shape index (κ1) is 22.7. The molecule has 1 aromatic carbocycles. The number of aromatic nitrogens is 2. The van der Waals surface area contributed by atoms with Gasteiger partial charge < -0.3 is 9.57 Å². The van der Waals surface area contributed by atoms with E-state index in [1.54, 1.807) is 19.9 Å². The second kappa shape index (κ2) is 8.40. The van der Waals surface area contributed by atoms with Crippen LogP contribution >= 0.6 is 0 Å². The van der Waals surface area contributed by atoms with E-state index >= 15 is 0 Å². The summed E-state index contributed by atoms with van der Waals surface area (Å²) in [7, 11) is 2.10. The van der Waals surface area contributed by atoms with E-state index in [1.807, 2.05) is 0 Å². The van der Waals surface area contributed by atoms with Crippen molar-refractivity contribution < 1.29 is 27.1 Å². The normalized spacial score (nSPS) is 13.0. The fourth-order valence-electron chi connectivity index (χ4n) is 2.51. The van der Waals surface area contributed by atoms with Crippen LogP contribution in [0, 0.1) is 17.1 Å². The van der Waals surface area contributed by atoms with Gasteiger partial charge in [0.1, 0.15) is 36.5 Å². The topological polar surface area (TPSA) is 98.6 Å². The zero-order chi connectivity index (χ0) is 22.8. The maximum absolute atomic E-state index is 14.6. The number of ether oxygens (including phenoxy) is 1. The number of nitriles is 1. The molecule has 0 bridgehead atoms. The van der Waals surface area contributed by atoms with Crippen LogP contribution in [0.2, 0.25) is 0 Å². The quantitative estimate of drug-likeness (QED) is 0.414. The van der Waals surface area contributed by atoms with Crippen molar-refractivity contribution in [3.63, 3.8) is 0 Å². The smallest absolute Gasteiger partial charge is 0.431 e. The minimum absolute atomic E-state index is 0.178. The second-order valence-corrected chi connectivity index (χ2v) is 6.13. The molecule has 0 saturated heterocycles. The van der Waals surface area contributed by atoms with Crippen LogP contribution in [0.15, 0.2) is 32.9 Å². The molecule has 8 nitrogen and oxygen atoms in total. The van der Waals surface area contributed by atoms with Crippen molar-refractivity contribution >= 4 is 5.71 Å². The van der Waals surface area contributed by atoms with Gasteiger partial charge >= 0.3 is 11.9 Å². The summed E-state index contributed by atoms with van der Waals surface area (Å²) in [5.74, 6) is -1.38. The first-order valence-electron chi connectivity index (χ1n) is 8.31. The van der Waals surface area contributed by atoms with Gasteiger partial charge in [-0.1, -0.05) is 5.16 Å². The molecule has 0 amide bonds. The van der Waals surface area contributed by atoms with E-state index in [1.165, 1.54) is 7.11 Å². The molecule has 2 rings (SSSR count). The summed E-state index contributed by atoms with van der Waals surface area (Å²) >= 11 is 0. The van der Waals surface area contributed by atoms with E-state index in [2.05, 4.69) is 9.99 Å². The largest absolute Gasteiger partial charge is 0.483 e. The Morgan fingerprint density at radius 3 is 2.43 bits per heavy atom. The highest BCUT2D eigenvalue weighted by Gasteiger charge is 2.35. The van der Waals surface area contributed by atoms with Crippen molar-refractivity contribution in [3.8, 4) is 17.5 Å². The Kier molecular flexibility index (Phi) is 6.35. The van der Waals surface area contributed by atoms with Crippen LogP contribution in [-0.4, -0.2) is 28.1 Å². The van der Waals surface area contributed by atoms with Crippen molar-refractivity contribution in [2.24, 2.45) is 12.2 Å². The van der Waals surface area contributed by atoms with Gasteiger partial charge in [0.25, 0.3) is 5.56 Å². The zero-order valence-corrected chi connectivity index (χ0v) is 16.2. The van der Waals surface area contributed by atoms with Crippen LogP contribution in [0.4, 0.5) is 17.6 Å². The van der Waals surface area contributed by atoms with Crippen molar-refractivity contribution in [3.05, 3.63) is 56.1 Å². The van der Waals surface area contributed by atoms with Crippen LogP contribution in [0.25, 0.3) is 5.69 Å². The van der Waals surface area contributed by atoms with Crippen molar-refractivity contribution in [2.45, 2.75) is 26.1 Å². The minimum atomic E-state index is -4.96. The molecular formula is C18H16F4N4O4. The summed E-state index contributed by atoms with van der Waals surface area (Å²) in [4.78, 5) is 29.3. The number of rotatable bonds is 5. The molecule has 160 valence electrons. The van der Waals surface area contributed by atoms with Crippen LogP contribution in [0.1, 0.15) is 25.1 Å². The summed E-state index contributed by atoms with van der Waals surface area (Å²) < 4.78 is 59.5. The van der Waals surface area contributed by atoms with Gasteiger partial charge in [-0.15, -0.1) is 0 Å². The lowest BCUT2D eigenvalue weighted by atomic mass is 10.1. The third-order valence-corrected chi connectivity index (χ3v) is 4.15. The van der Waals surface area contributed by atoms with Crippen LogP contribution in [0.3, 0.4) is 0 Å². The standard InChI is InChI=1S/C18H16F4N4O4/c1-9(24-29-4)10(2)30-14-6-13(12(19)5-11(14)8-23)26-16(27)7-15(18(20,21)22)25(3)17(26)28/h5-7,10H,1-4H3/b24-9-. The molecule has 0 spiro atoms. The van der Waals surface area contributed by atoms with Gasteiger partial charge in [-0.3, -0.25) is 9.36 Å². The third-order valence-electron chi connectivity index (χ3n) is 4.15. The Hall–Kier alpha value is -3.62. The predicted molar refractivity (Wildman–Crippen MR) is 97.2 cm³/mol. The molecule has 0 N–H and O–H groups in total. The Labute approximate surface area is 167 Å². The van der Waals surface area contributed by atoms with Gasteiger partial charge in [0.15, 0.2) is 0 Å². The Morgan fingerprint density at radius 1 is 1.27 bits per heavy atom. The lowest BCUT2D eigenvalue weighted by Crippen LogP contribution is -2.41. The number of oxime groups is 1. The molecule has 1 unspecified atom stereocenters. The average molecular weight is 428 g/mol. The number of nitrogens with zero attached hydrogens (tertiary/aromatic N) is 4. The van der Waals surface area contributed by atoms with Gasteiger partial charge in [-0.25, -0.2) is 13.8 Å². The highest BCUT2D eigenvalue weighted by molar-refractivity contribution is 5.85. The molecular weight excluding hydrogens is 412 g/mol. The third kappa shape index (κ3) is 4.35. The molecule has 2 aromatic rings. The van der Waals surface area contributed by atoms with Crippen molar-refractivity contribution in [2.75, 3.05) is 7.11 Å². The summed E-state index contributed by atoms with van der Waals surface area (Å²) in [5.41, 5.74) is -4.88. The summed E-state index contributed by atoms with van der Waals surface area (Å²) in [6, 6.07) is 3.49. The van der Waals surface area contributed by atoms with Crippen LogP contribution < -0.4 is 16.0 Å². The maximum atomic E-state index is 14.6. The Balaban J connectivity index is 2.72. The molecule has 0 fully saturated rings. The molecule has 0 aliphatic heterocycles. The van der Waals surface area contributed by atoms with Crippen LogP contribution in [0.5, 0.6) is 5.75 Å². The van der Waals surface area contributed by atoms with Gasteiger partial charge in [0, 0.05) is 19.2 Å². The molecule has 30 heavy (non-hydrogen) atoms. The summed E-state index contributed by atoms with van der Waals surface area (Å²) in [5, 5.41) is 12.9. The Morgan fingerprint density at radius 2 is 1.90 bits per heavy atom. The number of alkyl halides is 3. The van der Waals surface area contributed by atoms with E-state index in [4.69, 9.17) is 4.74 Å². The summed E-state index contributed by atoms with van der Waals surface area (Å²) in [6.45, 7) is 3.10. The van der Waals surface area contributed by atoms with Gasteiger partial charge in [0.05, 0.1) is 17.0 Å². The van der Waals surface area contributed by atoms with E-state index in [0.29, 0.717) is 11.8 Å². The lowest BCUT2D eigenvalue weighted by Gasteiger charge is -2.18. The van der Waals surface area contributed by atoms with E-state index in [0.717, 1.165) is 13.1 Å². The van der Waals surface area contributed by atoms with Gasteiger partial charge in [-0.05, 0) is 19.9 Å². The second-order valence-electron chi connectivity index (χ2n) is 6.13. The highest BCUT2D eigenvalue weighted by atomic mass is 19.4. The molecule has 0 aliphatic rings. The molecule has 0 aliphatic carbocycles. The molecule has 12 heteroatoms. The Bertz CT molecular complexity index is 1160. The van der Waals surface area contributed by atoms with Gasteiger partial charge in [-0.2, -0.15) is 18.4 Å². The fraction of sp³-hybridized carbons (Fsp3) is 0.333. The molecule has 1 aromatic heterocycles. The van der Waals surface area contributed by atoms with E-state index < -0.39 is 40.7 Å². The molecule has 0 saturated carbocycles. The monoisotopic (exact) mass is 428 g/mol. The first-order valence-corrected chi connectivity index (χ1v) is 8.31. The van der Waals surface area contributed by atoms with Crippen LogP contribution in [-0.2, 0) is 18.1 Å². The van der Waals surface area contributed by atoms with Gasteiger partial charge in [0.2, 0.25) is 0 Å². The predicted octanol–water partition coefficient (Wildman–Crippen LogP) is 2.36. The fourth-order valence-corrected chi connectivity index (χ4v) is 2.51. The zero-order valence-electron chi connectivity index (χ0n) is 16.2. The van der Waals surface area contributed by atoms with Crippen molar-refractivity contribution in [1.29, 1.82) is 5.26 Å². The first-order chi connectivity index (χ1) is 13.9. The minimum Gasteiger partial charge on any atom is -0.483 e. The lowest BCUT2D eigenvalue weighted by molar-refractivity contribution is -0.144. The maximum Gasteiger partial charge on any atom is 0.431 e. The highest BCUT2D eigenvalue weighted by Crippen LogP contribution is 2.28. The number of hydrogen-bond donors (Lipinski definition) is 0. The number of hydrogen-bond acceptors (Lipinski definition) is 6. The summed E-state index contributed by atoms with van der Waals surface area (Å²) in [6.07, 6.45) is -5.71. The van der Waals surface area contributed by atoms with E-state index in [-0.39, 0.29) is 26.5 Å². The molecule has 1 heterocycles. The molecule has 0 radical (unpaired) electrons. The number of halogens is 4. The van der Waals surface area contributed by atoms with Crippen molar-refractivity contribution in [1.82, 2.24) is 9.13 Å². The average Bonchev–Trinajstić information content (AvgIpc) is 2.65. The number of benzene rings is 1.